The minimum atomic E-state index is -3.42. The molecule has 0 unspecified atom stereocenters. The van der Waals surface area contributed by atoms with E-state index in [-0.39, 0.29) is 0 Å². The largest absolute Gasteiger partial charge is 0.342 e. The molecule has 1 aliphatic heterocycles. The maximum atomic E-state index is 12.7. The third kappa shape index (κ3) is 2.68. The van der Waals surface area contributed by atoms with Crippen molar-refractivity contribution >= 4 is 21.1 Å². The topological polar surface area (TPSA) is 69.3 Å². The maximum absolute atomic E-state index is 12.7. The smallest absolute Gasteiger partial charge is 0.243 e. The van der Waals surface area contributed by atoms with E-state index in [2.05, 4.69) is 21.8 Å². The molecule has 114 valence electrons. The zero-order valence-electron chi connectivity index (χ0n) is 12.3. The van der Waals surface area contributed by atoms with Gasteiger partial charge in [0.25, 0.3) is 0 Å². The van der Waals surface area contributed by atoms with Crippen LogP contribution >= 0.6 is 0 Å². The number of likely N-dealkylation sites (N-methyl/N-ethyl adjacent to an activating group) is 1. The van der Waals surface area contributed by atoms with E-state index < -0.39 is 10.0 Å². The normalized spacial score (nSPS) is 18.4. The fraction of sp³-hybridized carbons (Fsp3) is 0.500. The highest BCUT2D eigenvalue weighted by Gasteiger charge is 2.28. The number of nitrogens with zero attached hydrogens (tertiary/aromatic N) is 3. The summed E-state index contributed by atoms with van der Waals surface area (Å²) in [6.07, 6.45) is 0. The Balaban J connectivity index is 1.89. The molecule has 0 radical (unpaired) electrons. The molecule has 1 N–H and O–H groups in total. The molecule has 0 spiro atoms. The SMILES string of the molecule is CCN1CCN(S(=O)(=O)c2ccc3nc(C)[nH]c3c2)CC1. The van der Waals surface area contributed by atoms with Crippen molar-refractivity contribution in [2.45, 2.75) is 18.7 Å². The van der Waals surface area contributed by atoms with Gasteiger partial charge in [-0.15, -0.1) is 0 Å². The highest BCUT2D eigenvalue weighted by molar-refractivity contribution is 7.89. The van der Waals surface area contributed by atoms with E-state index >= 15 is 0 Å². The molecule has 1 fully saturated rings. The van der Waals surface area contributed by atoms with Crippen LogP contribution in [0.2, 0.25) is 0 Å². The monoisotopic (exact) mass is 308 g/mol. The lowest BCUT2D eigenvalue weighted by molar-refractivity contribution is 0.196. The molecule has 3 rings (SSSR count). The van der Waals surface area contributed by atoms with Gasteiger partial charge in [-0.05, 0) is 31.7 Å². The van der Waals surface area contributed by atoms with Crippen LogP contribution in [0.4, 0.5) is 0 Å². The van der Waals surface area contributed by atoms with Crippen molar-refractivity contribution in [2.24, 2.45) is 0 Å². The zero-order chi connectivity index (χ0) is 15.0. The highest BCUT2D eigenvalue weighted by atomic mass is 32.2. The van der Waals surface area contributed by atoms with Gasteiger partial charge < -0.3 is 9.88 Å². The summed E-state index contributed by atoms with van der Waals surface area (Å²) in [5.74, 6) is 0.788. The van der Waals surface area contributed by atoms with Gasteiger partial charge in [-0.25, -0.2) is 13.4 Å². The predicted molar refractivity (Wildman–Crippen MR) is 81.7 cm³/mol. The predicted octanol–water partition coefficient (Wildman–Crippen LogP) is 1.20. The molecule has 0 atom stereocenters. The Morgan fingerprint density at radius 1 is 1.24 bits per heavy atom. The summed E-state index contributed by atoms with van der Waals surface area (Å²) in [6, 6.07) is 5.08. The molecule has 21 heavy (non-hydrogen) atoms. The van der Waals surface area contributed by atoms with Crippen molar-refractivity contribution in [3.05, 3.63) is 24.0 Å². The minimum absolute atomic E-state index is 0.337. The summed E-state index contributed by atoms with van der Waals surface area (Å²) in [4.78, 5) is 9.98. The summed E-state index contributed by atoms with van der Waals surface area (Å²) in [5, 5.41) is 0. The molecule has 0 saturated carbocycles. The number of rotatable bonds is 3. The summed E-state index contributed by atoms with van der Waals surface area (Å²) in [7, 11) is -3.42. The molecule has 1 aromatic carbocycles. The molecule has 1 aliphatic rings. The fourth-order valence-electron chi connectivity index (χ4n) is 2.71. The van der Waals surface area contributed by atoms with E-state index in [1.54, 1.807) is 22.5 Å². The summed E-state index contributed by atoms with van der Waals surface area (Å²) >= 11 is 0. The first-order valence-corrected chi connectivity index (χ1v) is 8.63. The second-order valence-corrected chi connectivity index (χ2v) is 7.28. The second kappa shape index (κ2) is 5.40. The molecule has 0 amide bonds. The number of benzene rings is 1. The van der Waals surface area contributed by atoms with Gasteiger partial charge in [0, 0.05) is 26.2 Å². The van der Waals surface area contributed by atoms with E-state index in [4.69, 9.17) is 0 Å². The van der Waals surface area contributed by atoms with E-state index in [0.29, 0.717) is 18.0 Å². The van der Waals surface area contributed by atoms with E-state index in [1.807, 2.05) is 6.92 Å². The van der Waals surface area contributed by atoms with E-state index in [0.717, 1.165) is 36.5 Å². The van der Waals surface area contributed by atoms with Gasteiger partial charge in [0.1, 0.15) is 5.82 Å². The molecule has 1 aromatic heterocycles. The lowest BCUT2D eigenvalue weighted by Gasteiger charge is -2.33. The Bertz CT molecular complexity index is 745. The first kappa shape index (κ1) is 14.5. The van der Waals surface area contributed by atoms with Gasteiger partial charge in [0.05, 0.1) is 15.9 Å². The average molecular weight is 308 g/mol. The molecule has 0 aliphatic carbocycles. The number of aromatic amines is 1. The van der Waals surface area contributed by atoms with Crippen molar-refractivity contribution in [1.82, 2.24) is 19.2 Å². The number of H-pyrrole nitrogens is 1. The Kier molecular flexibility index (Phi) is 3.73. The molecular weight excluding hydrogens is 288 g/mol. The van der Waals surface area contributed by atoms with Crippen LogP contribution in [-0.2, 0) is 10.0 Å². The van der Waals surface area contributed by atoms with Gasteiger partial charge >= 0.3 is 0 Å². The van der Waals surface area contributed by atoms with Gasteiger partial charge in [-0.2, -0.15) is 4.31 Å². The fourth-order valence-corrected chi connectivity index (χ4v) is 4.16. The number of fused-ring (bicyclic) bond motifs is 1. The van der Waals surface area contributed by atoms with Crippen LogP contribution in [0.25, 0.3) is 11.0 Å². The third-order valence-corrected chi connectivity index (χ3v) is 5.88. The molecule has 1 saturated heterocycles. The molecule has 2 aromatic rings. The van der Waals surface area contributed by atoms with Crippen LogP contribution in [0, 0.1) is 6.92 Å². The Morgan fingerprint density at radius 3 is 2.62 bits per heavy atom. The molecule has 6 nitrogen and oxygen atoms in total. The number of hydrogen-bond acceptors (Lipinski definition) is 4. The first-order valence-electron chi connectivity index (χ1n) is 7.19. The molecule has 0 bridgehead atoms. The molecular formula is C14H20N4O2S. The third-order valence-electron chi connectivity index (χ3n) is 3.99. The number of aryl methyl sites for hydroxylation is 1. The van der Waals surface area contributed by atoms with Crippen molar-refractivity contribution < 1.29 is 8.42 Å². The van der Waals surface area contributed by atoms with Crippen molar-refractivity contribution in [2.75, 3.05) is 32.7 Å². The minimum Gasteiger partial charge on any atom is -0.342 e. The number of sulfonamides is 1. The number of piperazine rings is 1. The number of imidazole rings is 1. The van der Waals surface area contributed by atoms with Gasteiger partial charge in [0.2, 0.25) is 10.0 Å². The summed E-state index contributed by atoms with van der Waals surface area (Å²) < 4.78 is 27.0. The Hall–Kier alpha value is -1.44. The van der Waals surface area contributed by atoms with Gasteiger partial charge in [-0.3, -0.25) is 0 Å². The summed E-state index contributed by atoms with van der Waals surface area (Å²) in [5.41, 5.74) is 1.56. The number of nitrogens with one attached hydrogen (secondary N) is 1. The van der Waals surface area contributed by atoms with Crippen LogP contribution in [0.15, 0.2) is 23.1 Å². The van der Waals surface area contributed by atoms with E-state index in [9.17, 15) is 8.42 Å². The Morgan fingerprint density at radius 2 is 1.95 bits per heavy atom. The lowest BCUT2D eigenvalue weighted by Crippen LogP contribution is -2.48. The lowest BCUT2D eigenvalue weighted by atomic mass is 10.3. The van der Waals surface area contributed by atoms with Gasteiger partial charge in [-0.1, -0.05) is 6.92 Å². The Labute approximate surface area is 124 Å². The van der Waals surface area contributed by atoms with Gasteiger partial charge in [0.15, 0.2) is 0 Å². The van der Waals surface area contributed by atoms with Crippen LogP contribution < -0.4 is 0 Å². The van der Waals surface area contributed by atoms with Crippen LogP contribution in [-0.4, -0.2) is 60.3 Å². The first-order chi connectivity index (χ1) is 10.0. The van der Waals surface area contributed by atoms with Crippen LogP contribution in [0.3, 0.4) is 0 Å². The number of hydrogen-bond donors (Lipinski definition) is 1. The number of aromatic nitrogens is 2. The van der Waals surface area contributed by atoms with Crippen LogP contribution in [0.1, 0.15) is 12.7 Å². The zero-order valence-corrected chi connectivity index (χ0v) is 13.2. The van der Waals surface area contributed by atoms with Crippen molar-refractivity contribution in [1.29, 1.82) is 0 Å². The average Bonchev–Trinajstić information content (AvgIpc) is 2.86. The van der Waals surface area contributed by atoms with E-state index in [1.165, 1.54) is 0 Å². The molecule has 7 heteroatoms. The summed E-state index contributed by atoms with van der Waals surface area (Å²) in [6.45, 7) is 7.61. The second-order valence-electron chi connectivity index (χ2n) is 5.34. The standard InChI is InChI=1S/C14H20N4O2S/c1-3-17-6-8-18(9-7-17)21(19,20)12-4-5-13-14(10-12)16-11(2)15-13/h4-5,10H,3,6-9H2,1-2H3,(H,15,16). The quantitative estimate of drug-likeness (QED) is 0.925. The maximum Gasteiger partial charge on any atom is 0.243 e. The molecule has 2 heterocycles. The van der Waals surface area contributed by atoms with Crippen LogP contribution in [0.5, 0.6) is 0 Å². The van der Waals surface area contributed by atoms with Crippen molar-refractivity contribution in [3.8, 4) is 0 Å². The highest BCUT2D eigenvalue weighted by Crippen LogP contribution is 2.21. The van der Waals surface area contributed by atoms with Crippen molar-refractivity contribution in [3.63, 3.8) is 0 Å².